The van der Waals surface area contributed by atoms with E-state index in [-0.39, 0.29) is 18.6 Å². The average molecular weight is 303 g/mol. The Morgan fingerprint density at radius 2 is 2.14 bits per heavy atom. The van der Waals surface area contributed by atoms with Gasteiger partial charge in [0.15, 0.2) is 0 Å². The van der Waals surface area contributed by atoms with Crippen LogP contribution >= 0.6 is 0 Å². The second-order valence-corrected chi connectivity index (χ2v) is 5.32. The fourth-order valence-corrected chi connectivity index (χ4v) is 2.15. The van der Waals surface area contributed by atoms with Gasteiger partial charge in [-0.25, -0.2) is 4.79 Å². The van der Waals surface area contributed by atoms with Gasteiger partial charge in [-0.05, 0) is 43.2 Å². The van der Waals surface area contributed by atoms with Gasteiger partial charge in [0.05, 0.1) is 18.8 Å². The number of rotatable bonds is 6. The van der Waals surface area contributed by atoms with E-state index < -0.39 is 5.60 Å². The summed E-state index contributed by atoms with van der Waals surface area (Å²) in [6.07, 6.45) is 5.63. The monoisotopic (exact) mass is 303 g/mol. The van der Waals surface area contributed by atoms with Gasteiger partial charge in [0.2, 0.25) is 0 Å². The maximum absolute atomic E-state index is 12.0. The third-order valence-electron chi connectivity index (χ3n) is 3.47. The quantitative estimate of drug-likeness (QED) is 0.764. The number of hydrogen-bond donors (Lipinski definition) is 3. The first-order chi connectivity index (χ1) is 10.5. The molecule has 2 amide bonds. The van der Waals surface area contributed by atoms with Crippen molar-refractivity contribution in [1.29, 1.82) is 0 Å². The van der Waals surface area contributed by atoms with Gasteiger partial charge in [0.1, 0.15) is 11.4 Å². The van der Waals surface area contributed by atoms with Crippen molar-refractivity contribution in [3.8, 4) is 0 Å². The van der Waals surface area contributed by atoms with Crippen molar-refractivity contribution in [3.63, 3.8) is 0 Å². The van der Waals surface area contributed by atoms with E-state index in [0.717, 1.165) is 12.0 Å². The van der Waals surface area contributed by atoms with E-state index in [1.54, 1.807) is 31.5 Å². The van der Waals surface area contributed by atoms with Crippen LogP contribution in [-0.2, 0) is 5.60 Å². The highest BCUT2D eigenvalue weighted by molar-refractivity contribution is 5.74. The van der Waals surface area contributed by atoms with Crippen LogP contribution in [0.15, 0.2) is 47.3 Å². The van der Waals surface area contributed by atoms with E-state index in [0.29, 0.717) is 5.76 Å². The largest absolute Gasteiger partial charge is 0.466 e. The molecule has 2 atom stereocenters. The summed E-state index contributed by atoms with van der Waals surface area (Å²) in [6, 6.07) is 6.67. The number of nitrogens with zero attached hydrogens (tertiary/aromatic N) is 1. The lowest BCUT2D eigenvalue weighted by Gasteiger charge is -2.23. The van der Waals surface area contributed by atoms with E-state index in [2.05, 4.69) is 15.6 Å². The van der Waals surface area contributed by atoms with Crippen LogP contribution in [0.3, 0.4) is 0 Å². The third kappa shape index (κ3) is 4.08. The molecule has 2 heterocycles. The van der Waals surface area contributed by atoms with Gasteiger partial charge < -0.3 is 20.2 Å². The fourth-order valence-electron chi connectivity index (χ4n) is 2.15. The molecule has 0 aromatic carbocycles. The van der Waals surface area contributed by atoms with Gasteiger partial charge in [-0.15, -0.1) is 0 Å². The van der Waals surface area contributed by atoms with Crippen molar-refractivity contribution in [3.05, 3.63) is 54.2 Å². The number of amides is 2. The zero-order valence-corrected chi connectivity index (χ0v) is 12.7. The van der Waals surface area contributed by atoms with Crippen molar-refractivity contribution in [1.82, 2.24) is 15.6 Å². The molecule has 0 bridgehead atoms. The van der Waals surface area contributed by atoms with Crippen LogP contribution in [-0.4, -0.2) is 22.7 Å². The third-order valence-corrected chi connectivity index (χ3v) is 3.47. The predicted octanol–water partition coefficient (Wildman–Crippen LogP) is 2.33. The summed E-state index contributed by atoms with van der Waals surface area (Å²) in [6.45, 7) is 3.63. The molecule has 6 heteroatoms. The van der Waals surface area contributed by atoms with Crippen LogP contribution in [0.4, 0.5) is 4.79 Å². The van der Waals surface area contributed by atoms with E-state index in [1.165, 1.54) is 6.26 Å². The molecule has 2 unspecified atom stereocenters. The summed E-state index contributed by atoms with van der Waals surface area (Å²) in [4.78, 5) is 16.0. The molecule has 0 saturated heterocycles. The van der Waals surface area contributed by atoms with Crippen molar-refractivity contribution in [2.45, 2.75) is 31.9 Å². The number of aromatic nitrogens is 1. The molecule has 0 aliphatic rings. The molecule has 0 aliphatic heterocycles. The number of furan rings is 1. The number of carbonyl (C=O) groups excluding carboxylic acids is 1. The molecular formula is C16H21N3O3. The Labute approximate surface area is 129 Å². The normalized spacial score (nSPS) is 14.9. The zero-order valence-electron chi connectivity index (χ0n) is 12.7. The Hall–Kier alpha value is -2.34. The predicted molar refractivity (Wildman–Crippen MR) is 82.1 cm³/mol. The smallest absolute Gasteiger partial charge is 0.315 e. The first-order valence-corrected chi connectivity index (χ1v) is 7.23. The molecule has 0 radical (unpaired) electrons. The molecular weight excluding hydrogens is 282 g/mol. The summed E-state index contributed by atoms with van der Waals surface area (Å²) in [5, 5.41) is 15.8. The summed E-state index contributed by atoms with van der Waals surface area (Å²) < 4.78 is 5.17. The lowest BCUT2D eigenvalue weighted by atomic mass is 10.0. The first kappa shape index (κ1) is 16.0. The Bertz CT molecular complexity index is 582. The minimum Gasteiger partial charge on any atom is -0.466 e. The lowest BCUT2D eigenvalue weighted by molar-refractivity contribution is 0.0366. The van der Waals surface area contributed by atoms with Crippen LogP contribution in [0.1, 0.15) is 37.6 Å². The van der Waals surface area contributed by atoms with Gasteiger partial charge in [-0.2, -0.15) is 0 Å². The molecule has 2 aromatic heterocycles. The number of carbonyl (C=O) groups is 1. The van der Waals surface area contributed by atoms with Crippen LogP contribution < -0.4 is 10.6 Å². The van der Waals surface area contributed by atoms with Gasteiger partial charge in [-0.1, -0.05) is 6.92 Å². The number of nitrogens with one attached hydrogen (secondary N) is 2. The first-order valence-electron chi connectivity index (χ1n) is 7.23. The summed E-state index contributed by atoms with van der Waals surface area (Å²) in [5.41, 5.74) is -0.260. The van der Waals surface area contributed by atoms with Crippen molar-refractivity contribution < 1.29 is 14.3 Å². The number of urea groups is 1. The average Bonchev–Trinajstić information content (AvgIpc) is 3.07. The minimum atomic E-state index is -1.25. The second kappa shape index (κ2) is 7.09. The molecule has 22 heavy (non-hydrogen) atoms. The number of hydrogen-bond acceptors (Lipinski definition) is 4. The minimum absolute atomic E-state index is 0.0547. The molecule has 0 fully saturated rings. The molecule has 2 aromatic rings. The van der Waals surface area contributed by atoms with Gasteiger partial charge in [-0.3, -0.25) is 4.98 Å². The molecule has 0 aliphatic carbocycles. The van der Waals surface area contributed by atoms with E-state index >= 15 is 0 Å². The Kier molecular flexibility index (Phi) is 5.16. The van der Waals surface area contributed by atoms with Gasteiger partial charge in [0, 0.05) is 12.4 Å². The van der Waals surface area contributed by atoms with Crippen LogP contribution in [0.2, 0.25) is 0 Å². The highest BCUT2D eigenvalue weighted by Gasteiger charge is 2.27. The molecule has 2 rings (SSSR count). The molecule has 3 N–H and O–H groups in total. The molecule has 118 valence electrons. The number of pyridine rings is 1. The van der Waals surface area contributed by atoms with Gasteiger partial charge in [0.25, 0.3) is 0 Å². The Morgan fingerprint density at radius 1 is 1.41 bits per heavy atom. The molecule has 0 spiro atoms. The second-order valence-electron chi connectivity index (χ2n) is 5.32. The maximum Gasteiger partial charge on any atom is 0.315 e. The summed E-state index contributed by atoms with van der Waals surface area (Å²) in [5.74, 6) is 0.411. The van der Waals surface area contributed by atoms with Crippen molar-refractivity contribution in [2.24, 2.45) is 0 Å². The van der Waals surface area contributed by atoms with Gasteiger partial charge >= 0.3 is 6.03 Å². The highest BCUT2D eigenvalue weighted by Crippen LogP contribution is 2.20. The zero-order chi connectivity index (χ0) is 16.0. The summed E-state index contributed by atoms with van der Waals surface area (Å²) >= 11 is 0. The van der Waals surface area contributed by atoms with E-state index in [1.807, 2.05) is 19.1 Å². The molecule has 0 saturated carbocycles. The fraction of sp³-hybridized carbons (Fsp3) is 0.375. The van der Waals surface area contributed by atoms with Crippen LogP contribution in [0.25, 0.3) is 0 Å². The SMILES string of the molecule is CCC(NC(=O)NCC(C)(O)c1ccco1)c1ccncc1. The Balaban J connectivity index is 1.90. The lowest BCUT2D eigenvalue weighted by Crippen LogP contribution is -2.44. The van der Waals surface area contributed by atoms with Crippen LogP contribution in [0.5, 0.6) is 0 Å². The highest BCUT2D eigenvalue weighted by atomic mass is 16.4. The van der Waals surface area contributed by atoms with Crippen LogP contribution in [0, 0.1) is 0 Å². The maximum atomic E-state index is 12.0. The van der Waals surface area contributed by atoms with Crippen molar-refractivity contribution in [2.75, 3.05) is 6.54 Å². The van der Waals surface area contributed by atoms with E-state index in [9.17, 15) is 9.90 Å². The van der Waals surface area contributed by atoms with E-state index in [4.69, 9.17) is 4.42 Å². The Morgan fingerprint density at radius 3 is 2.73 bits per heavy atom. The van der Waals surface area contributed by atoms with Crippen molar-refractivity contribution >= 4 is 6.03 Å². The standard InChI is InChI=1S/C16H21N3O3/c1-3-13(12-6-8-17-9-7-12)19-15(20)18-11-16(2,21)14-5-4-10-22-14/h4-10,13,21H,3,11H2,1-2H3,(H2,18,19,20). The number of aliphatic hydroxyl groups is 1. The topological polar surface area (TPSA) is 87.4 Å². The summed E-state index contributed by atoms with van der Waals surface area (Å²) in [7, 11) is 0. The molecule has 6 nitrogen and oxygen atoms in total.